The van der Waals surface area contributed by atoms with Crippen LogP contribution in [0.3, 0.4) is 0 Å². The van der Waals surface area contributed by atoms with E-state index in [4.69, 9.17) is 11.6 Å². The molecule has 134 valence electrons. The Bertz CT molecular complexity index is 1210. The molecule has 0 aliphatic carbocycles. The molecule has 0 spiro atoms. The van der Waals surface area contributed by atoms with Crippen LogP contribution in [-0.2, 0) is 6.54 Å². The van der Waals surface area contributed by atoms with Gasteiger partial charge >= 0.3 is 0 Å². The maximum Gasteiger partial charge on any atom is 0.274 e. The lowest BCUT2D eigenvalue weighted by molar-refractivity contribution is 0.514. The molecule has 0 saturated carbocycles. The first-order chi connectivity index (χ1) is 13.0. The maximum absolute atomic E-state index is 14.3. The normalized spacial score (nSPS) is 11.1. The Labute approximate surface area is 157 Å². The number of hydrogen-bond acceptors (Lipinski definition) is 3. The second-order valence-electron chi connectivity index (χ2n) is 5.96. The third kappa shape index (κ3) is 3.31. The zero-order valence-electron chi connectivity index (χ0n) is 13.9. The number of halogens is 3. The van der Waals surface area contributed by atoms with Crippen molar-refractivity contribution in [3.8, 4) is 11.3 Å². The lowest BCUT2D eigenvalue weighted by atomic mass is 10.1. The summed E-state index contributed by atoms with van der Waals surface area (Å²) in [7, 11) is 0. The average molecular weight is 384 g/mol. The number of fused-ring (bicyclic) bond motifs is 1. The summed E-state index contributed by atoms with van der Waals surface area (Å²) in [5, 5.41) is 5.79. The predicted molar refractivity (Wildman–Crippen MR) is 99.7 cm³/mol. The summed E-state index contributed by atoms with van der Waals surface area (Å²) in [6.07, 6.45) is 0. The van der Waals surface area contributed by atoms with Gasteiger partial charge in [-0.15, -0.1) is 0 Å². The quantitative estimate of drug-likeness (QED) is 0.491. The van der Waals surface area contributed by atoms with Crippen molar-refractivity contribution in [3.05, 3.63) is 93.5 Å². The van der Waals surface area contributed by atoms with Gasteiger partial charge in [0.25, 0.3) is 5.56 Å². The standard InChI is InChI=1S/C20H12ClF2N3O/c21-13-7-5-12(6-8-13)11-26-20(27)15-4-2-1-3-14(15)18(25-26)16-9-10-17(22)24-19(16)23/h1-10H,11H2. The molecule has 0 saturated heterocycles. The molecule has 7 heteroatoms. The maximum atomic E-state index is 14.3. The first kappa shape index (κ1) is 17.3. The Hall–Kier alpha value is -3.12. The van der Waals surface area contributed by atoms with Crippen LogP contribution in [0.25, 0.3) is 22.0 Å². The van der Waals surface area contributed by atoms with E-state index < -0.39 is 11.9 Å². The molecule has 0 N–H and O–H groups in total. The van der Waals surface area contributed by atoms with Gasteiger partial charge in [-0.3, -0.25) is 4.79 Å². The molecular weight excluding hydrogens is 372 g/mol. The Morgan fingerprint density at radius 3 is 2.33 bits per heavy atom. The van der Waals surface area contributed by atoms with E-state index in [1.54, 1.807) is 48.5 Å². The van der Waals surface area contributed by atoms with Crippen LogP contribution in [0.4, 0.5) is 8.78 Å². The second-order valence-corrected chi connectivity index (χ2v) is 6.39. The number of hydrogen-bond donors (Lipinski definition) is 0. The average Bonchev–Trinajstić information content (AvgIpc) is 2.66. The number of rotatable bonds is 3. The first-order valence-corrected chi connectivity index (χ1v) is 8.47. The van der Waals surface area contributed by atoms with Gasteiger partial charge in [-0.05, 0) is 35.9 Å². The van der Waals surface area contributed by atoms with Gasteiger partial charge in [0.2, 0.25) is 11.9 Å². The lowest BCUT2D eigenvalue weighted by Gasteiger charge is -2.12. The van der Waals surface area contributed by atoms with Gasteiger partial charge in [0, 0.05) is 10.4 Å². The Balaban J connectivity index is 1.94. The van der Waals surface area contributed by atoms with Crippen LogP contribution in [0, 0.1) is 11.9 Å². The van der Waals surface area contributed by atoms with Crippen molar-refractivity contribution in [2.45, 2.75) is 6.54 Å². The third-order valence-corrected chi connectivity index (χ3v) is 4.44. The molecule has 2 aromatic heterocycles. The van der Waals surface area contributed by atoms with E-state index in [0.29, 0.717) is 15.8 Å². The molecule has 2 aromatic carbocycles. The summed E-state index contributed by atoms with van der Waals surface area (Å²) in [5.74, 6) is -1.90. The van der Waals surface area contributed by atoms with Crippen LogP contribution in [0.2, 0.25) is 5.02 Å². The fourth-order valence-electron chi connectivity index (χ4n) is 2.89. The summed E-state index contributed by atoms with van der Waals surface area (Å²) < 4.78 is 28.7. The minimum atomic E-state index is -0.982. The van der Waals surface area contributed by atoms with E-state index in [9.17, 15) is 13.6 Å². The van der Waals surface area contributed by atoms with Crippen molar-refractivity contribution in [2.75, 3.05) is 0 Å². The highest BCUT2D eigenvalue weighted by molar-refractivity contribution is 6.30. The zero-order valence-corrected chi connectivity index (χ0v) is 14.6. The van der Waals surface area contributed by atoms with Crippen molar-refractivity contribution < 1.29 is 8.78 Å². The van der Waals surface area contributed by atoms with E-state index >= 15 is 0 Å². The van der Waals surface area contributed by atoms with Crippen molar-refractivity contribution in [1.82, 2.24) is 14.8 Å². The molecule has 4 aromatic rings. The van der Waals surface area contributed by atoms with Crippen LogP contribution in [0.5, 0.6) is 0 Å². The summed E-state index contributed by atoms with van der Waals surface area (Å²) in [5.41, 5.74) is 0.759. The Morgan fingerprint density at radius 2 is 1.63 bits per heavy atom. The Kier molecular flexibility index (Phi) is 4.41. The van der Waals surface area contributed by atoms with Gasteiger partial charge in [0.05, 0.1) is 17.5 Å². The van der Waals surface area contributed by atoms with Gasteiger partial charge < -0.3 is 0 Å². The molecule has 4 nitrogen and oxygen atoms in total. The summed E-state index contributed by atoms with van der Waals surface area (Å²) in [6.45, 7) is 0.185. The fourth-order valence-corrected chi connectivity index (χ4v) is 3.02. The smallest absolute Gasteiger partial charge is 0.267 e. The molecule has 4 rings (SSSR count). The predicted octanol–water partition coefficient (Wildman–Crippen LogP) is 4.44. The molecule has 0 bridgehead atoms. The van der Waals surface area contributed by atoms with Crippen molar-refractivity contribution in [2.24, 2.45) is 0 Å². The highest BCUT2D eigenvalue weighted by atomic mass is 35.5. The van der Waals surface area contributed by atoms with Crippen LogP contribution >= 0.6 is 11.6 Å². The van der Waals surface area contributed by atoms with Gasteiger partial charge in [-0.1, -0.05) is 41.9 Å². The zero-order chi connectivity index (χ0) is 19.0. The monoisotopic (exact) mass is 383 g/mol. The third-order valence-electron chi connectivity index (χ3n) is 4.18. The summed E-state index contributed by atoms with van der Waals surface area (Å²) in [4.78, 5) is 16.1. The SMILES string of the molecule is O=c1c2ccccc2c(-c2ccc(F)nc2F)nn1Cc1ccc(Cl)cc1. The molecule has 0 atom stereocenters. The number of nitrogens with zero attached hydrogens (tertiary/aromatic N) is 3. The Morgan fingerprint density at radius 1 is 0.926 bits per heavy atom. The van der Waals surface area contributed by atoms with E-state index in [-0.39, 0.29) is 23.4 Å². The largest absolute Gasteiger partial charge is 0.274 e. The van der Waals surface area contributed by atoms with Crippen LogP contribution in [0.15, 0.2) is 65.5 Å². The van der Waals surface area contributed by atoms with Crippen LogP contribution in [0.1, 0.15) is 5.56 Å². The van der Waals surface area contributed by atoms with Crippen molar-refractivity contribution in [1.29, 1.82) is 0 Å². The lowest BCUT2D eigenvalue weighted by Crippen LogP contribution is -2.24. The fraction of sp³-hybridized carbons (Fsp3) is 0.0500. The highest BCUT2D eigenvalue weighted by Gasteiger charge is 2.16. The van der Waals surface area contributed by atoms with Crippen molar-refractivity contribution >= 4 is 22.4 Å². The molecule has 0 unspecified atom stereocenters. The summed E-state index contributed by atoms with van der Waals surface area (Å²) >= 11 is 5.90. The first-order valence-electron chi connectivity index (χ1n) is 8.09. The van der Waals surface area contributed by atoms with E-state index in [1.807, 2.05) is 0 Å². The van der Waals surface area contributed by atoms with E-state index in [2.05, 4.69) is 10.1 Å². The minimum Gasteiger partial charge on any atom is -0.267 e. The van der Waals surface area contributed by atoms with Gasteiger partial charge in [0.15, 0.2) is 0 Å². The van der Waals surface area contributed by atoms with E-state index in [0.717, 1.165) is 11.6 Å². The molecule has 0 aliphatic heterocycles. The second kappa shape index (κ2) is 6.89. The topological polar surface area (TPSA) is 47.8 Å². The molecule has 27 heavy (non-hydrogen) atoms. The summed E-state index contributed by atoms with van der Waals surface area (Å²) in [6, 6.07) is 16.1. The van der Waals surface area contributed by atoms with Crippen molar-refractivity contribution in [3.63, 3.8) is 0 Å². The molecular formula is C20H12ClF2N3O. The van der Waals surface area contributed by atoms with Gasteiger partial charge in [0.1, 0.15) is 5.69 Å². The number of aromatic nitrogens is 3. The molecule has 0 radical (unpaired) electrons. The molecule has 0 fully saturated rings. The van der Waals surface area contributed by atoms with Gasteiger partial charge in [-0.25, -0.2) is 4.68 Å². The van der Waals surface area contributed by atoms with E-state index in [1.165, 1.54) is 10.7 Å². The van der Waals surface area contributed by atoms with Crippen LogP contribution < -0.4 is 5.56 Å². The number of pyridine rings is 1. The minimum absolute atomic E-state index is 0.0254. The van der Waals surface area contributed by atoms with Crippen LogP contribution in [-0.4, -0.2) is 14.8 Å². The van der Waals surface area contributed by atoms with Gasteiger partial charge in [-0.2, -0.15) is 18.9 Å². The number of benzene rings is 2. The highest BCUT2D eigenvalue weighted by Crippen LogP contribution is 2.26. The molecule has 0 amide bonds. The molecule has 2 heterocycles. The molecule has 0 aliphatic rings.